The highest BCUT2D eigenvalue weighted by molar-refractivity contribution is 6.30. The van der Waals surface area contributed by atoms with Gasteiger partial charge in [0.25, 0.3) is 0 Å². The molecule has 0 unspecified atom stereocenters. The molecule has 0 radical (unpaired) electrons. The predicted octanol–water partition coefficient (Wildman–Crippen LogP) is 5.45. The number of alkyl halides is 1. The molecule has 0 bridgehead atoms. The zero-order valence-electron chi connectivity index (χ0n) is 20.2. The minimum Gasteiger partial charge on any atom is -0.391 e. The average molecular weight is 580 g/mol. The first-order chi connectivity index (χ1) is 18.3. The van der Waals surface area contributed by atoms with Crippen molar-refractivity contribution in [1.82, 2.24) is 19.6 Å². The summed E-state index contributed by atoms with van der Waals surface area (Å²) in [5.41, 5.74) is 2.47. The Balaban J connectivity index is 0.000000155. The maximum Gasteiger partial charge on any atom is 0.437 e. The number of halogens is 3. The molecule has 0 amide bonds. The Bertz CT molecular complexity index is 1370. The molecule has 0 atom stereocenters. The van der Waals surface area contributed by atoms with Crippen LogP contribution < -0.4 is 11.5 Å². The van der Waals surface area contributed by atoms with Crippen molar-refractivity contribution in [3.63, 3.8) is 0 Å². The summed E-state index contributed by atoms with van der Waals surface area (Å²) in [5, 5.41) is 18.4. The summed E-state index contributed by atoms with van der Waals surface area (Å²) in [4.78, 5) is 23.1. The topological polar surface area (TPSA) is 116 Å². The summed E-state index contributed by atoms with van der Waals surface area (Å²) < 4.78 is 12.5. The van der Waals surface area contributed by atoms with Crippen molar-refractivity contribution in [2.24, 2.45) is 0 Å². The summed E-state index contributed by atoms with van der Waals surface area (Å²) in [6.45, 7) is -0.352. The van der Waals surface area contributed by atoms with Crippen molar-refractivity contribution >= 4 is 34.8 Å². The van der Waals surface area contributed by atoms with Crippen LogP contribution in [0, 0.1) is 0 Å². The molecule has 4 aromatic rings. The van der Waals surface area contributed by atoms with Crippen LogP contribution >= 0.6 is 34.8 Å². The summed E-state index contributed by atoms with van der Waals surface area (Å²) in [6.07, 6.45) is 3.46. The molecule has 0 aliphatic heterocycles. The van der Waals surface area contributed by atoms with E-state index in [2.05, 4.69) is 10.2 Å². The van der Waals surface area contributed by atoms with E-state index < -0.39 is 11.5 Å². The molecule has 2 fully saturated rings. The van der Waals surface area contributed by atoms with E-state index in [0.717, 1.165) is 35.7 Å². The summed E-state index contributed by atoms with van der Waals surface area (Å²) in [6, 6.07) is 15.7. The molecule has 2 aromatic carbocycles. The average Bonchev–Trinajstić information content (AvgIpc) is 3.42. The molecular formula is C26H25Cl3N4O5. The van der Waals surface area contributed by atoms with Gasteiger partial charge in [-0.2, -0.15) is 9.36 Å². The lowest BCUT2D eigenvalue weighted by Crippen LogP contribution is -2.31. The van der Waals surface area contributed by atoms with Gasteiger partial charge in [0.05, 0.1) is 12.1 Å². The Kier molecular flexibility index (Phi) is 8.09. The van der Waals surface area contributed by atoms with Crippen molar-refractivity contribution in [2.45, 2.75) is 62.1 Å². The fourth-order valence-corrected chi connectivity index (χ4v) is 5.19. The maximum absolute atomic E-state index is 11.6. The van der Waals surface area contributed by atoms with Gasteiger partial charge in [-0.25, -0.2) is 9.59 Å². The van der Waals surface area contributed by atoms with Gasteiger partial charge in [0, 0.05) is 10.0 Å². The van der Waals surface area contributed by atoms with Gasteiger partial charge in [0.1, 0.15) is 12.5 Å². The molecule has 200 valence electrons. The minimum absolute atomic E-state index is 0.0530. The number of rotatable bonds is 6. The number of hydrogen-bond acceptors (Lipinski definition) is 7. The second-order valence-electron chi connectivity index (χ2n) is 9.45. The first-order valence-corrected chi connectivity index (χ1v) is 13.5. The Morgan fingerprint density at radius 3 is 1.47 bits per heavy atom. The van der Waals surface area contributed by atoms with Gasteiger partial charge >= 0.3 is 11.5 Å². The van der Waals surface area contributed by atoms with Gasteiger partial charge in [-0.1, -0.05) is 47.5 Å². The summed E-state index contributed by atoms with van der Waals surface area (Å²) in [7, 11) is 0. The first kappa shape index (κ1) is 26.7. The van der Waals surface area contributed by atoms with Crippen LogP contribution in [0.25, 0.3) is 0 Å². The lowest BCUT2D eigenvalue weighted by Gasteiger charge is -2.34. The number of nitrogens with zero attached hydrogens (tertiary/aromatic N) is 4. The zero-order valence-corrected chi connectivity index (χ0v) is 22.4. The third kappa shape index (κ3) is 5.76. The lowest BCUT2D eigenvalue weighted by molar-refractivity contribution is 0.232. The van der Waals surface area contributed by atoms with E-state index >= 15 is 0 Å². The zero-order chi connectivity index (χ0) is 26.8. The van der Waals surface area contributed by atoms with Crippen molar-refractivity contribution in [1.29, 1.82) is 0 Å². The van der Waals surface area contributed by atoms with E-state index in [1.807, 2.05) is 48.5 Å². The molecule has 38 heavy (non-hydrogen) atoms. The smallest absolute Gasteiger partial charge is 0.391 e. The number of aromatic nitrogens is 4. The van der Waals surface area contributed by atoms with Gasteiger partial charge in [-0.15, -0.1) is 21.8 Å². The fraction of sp³-hybridized carbons (Fsp3) is 0.385. The highest BCUT2D eigenvalue weighted by atomic mass is 35.5. The van der Waals surface area contributed by atoms with Crippen molar-refractivity contribution in [3.05, 3.63) is 103 Å². The van der Waals surface area contributed by atoms with Crippen LogP contribution in [0.2, 0.25) is 10.0 Å². The standard InChI is InChI=1S/C13H12Cl2N2O2.C13H13ClN2O3/c14-7-12-16-17(13(18)19-12)11-5-9(6-11)8-1-3-10(15)4-2-8;14-10-3-1-8(2-4-10)9-5-11(6-9)16-13(18)19-12(7-17)15-16/h1-4,9,11H,5-7H2;1-4,9,11,17H,5-7H2. The molecule has 12 heteroatoms. The predicted molar refractivity (Wildman–Crippen MR) is 142 cm³/mol. The fourth-order valence-electron chi connectivity index (χ4n) is 4.83. The molecule has 6 rings (SSSR count). The molecule has 1 N–H and O–H groups in total. The van der Waals surface area contributed by atoms with E-state index in [-0.39, 0.29) is 36.4 Å². The largest absolute Gasteiger partial charge is 0.437 e. The highest BCUT2D eigenvalue weighted by Crippen LogP contribution is 2.44. The van der Waals surface area contributed by atoms with E-state index in [9.17, 15) is 9.59 Å². The highest BCUT2D eigenvalue weighted by Gasteiger charge is 2.35. The monoisotopic (exact) mass is 578 g/mol. The Morgan fingerprint density at radius 1 is 0.737 bits per heavy atom. The lowest BCUT2D eigenvalue weighted by atomic mass is 9.76. The normalized spacial score (nSPS) is 22.2. The van der Waals surface area contributed by atoms with Crippen LogP contribution in [-0.4, -0.2) is 24.7 Å². The van der Waals surface area contributed by atoms with Crippen molar-refractivity contribution < 1.29 is 13.9 Å². The van der Waals surface area contributed by atoms with E-state index in [1.54, 1.807) is 0 Å². The summed E-state index contributed by atoms with van der Waals surface area (Å²) in [5.74, 6) is 0.421. The van der Waals surface area contributed by atoms with Gasteiger partial charge < -0.3 is 13.9 Å². The molecule has 9 nitrogen and oxygen atoms in total. The molecule has 2 aromatic heterocycles. The molecule has 2 heterocycles. The van der Waals surface area contributed by atoms with Crippen LogP contribution in [0.4, 0.5) is 0 Å². The van der Waals surface area contributed by atoms with Gasteiger partial charge in [-0.3, -0.25) is 0 Å². The third-order valence-corrected chi connectivity index (χ3v) is 7.81. The van der Waals surface area contributed by atoms with Gasteiger partial charge in [0.15, 0.2) is 0 Å². The Morgan fingerprint density at radius 2 is 1.13 bits per heavy atom. The van der Waals surface area contributed by atoms with Gasteiger partial charge in [0.2, 0.25) is 11.8 Å². The maximum atomic E-state index is 11.6. The SMILES string of the molecule is O=c1oc(CCl)nn1C1CC(c2ccc(Cl)cc2)C1.O=c1oc(CO)nn1C1CC(c2ccc(Cl)cc2)C1. The third-order valence-electron chi connectivity index (χ3n) is 7.07. The minimum atomic E-state index is -0.497. The van der Waals surface area contributed by atoms with Crippen LogP contribution in [0.3, 0.4) is 0 Å². The van der Waals surface area contributed by atoms with Crippen LogP contribution in [0.5, 0.6) is 0 Å². The van der Waals surface area contributed by atoms with Gasteiger partial charge in [-0.05, 0) is 72.9 Å². The van der Waals surface area contributed by atoms with Crippen molar-refractivity contribution in [2.75, 3.05) is 0 Å². The first-order valence-electron chi connectivity index (χ1n) is 12.2. The molecule has 2 aliphatic carbocycles. The van der Waals surface area contributed by atoms with Crippen LogP contribution in [0.15, 0.2) is 67.0 Å². The Labute approximate surface area is 232 Å². The molecule has 2 aliphatic rings. The number of aliphatic hydroxyl groups is 1. The number of benzene rings is 2. The van der Waals surface area contributed by atoms with E-state index in [0.29, 0.717) is 11.8 Å². The molecule has 0 spiro atoms. The Hall–Kier alpha value is -2.85. The number of aliphatic hydroxyl groups excluding tert-OH is 1. The van der Waals surface area contributed by atoms with E-state index in [4.69, 9.17) is 48.7 Å². The second-order valence-corrected chi connectivity index (χ2v) is 10.6. The molecule has 0 saturated heterocycles. The quantitative estimate of drug-likeness (QED) is 0.302. The molecular weight excluding hydrogens is 555 g/mol. The van der Waals surface area contributed by atoms with Crippen molar-refractivity contribution in [3.8, 4) is 0 Å². The van der Waals surface area contributed by atoms with E-state index in [1.165, 1.54) is 20.5 Å². The molecule has 2 saturated carbocycles. The van der Waals surface area contributed by atoms with Crippen LogP contribution in [-0.2, 0) is 12.5 Å². The second kappa shape index (κ2) is 11.5. The number of hydrogen-bond donors (Lipinski definition) is 1. The summed E-state index contributed by atoms with van der Waals surface area (Å²) >= 11 is 17.3. The van der Waals surface area contributed by atoms with Crippen LogP contribution in [0.1, 0.15) is 72.5 Å².